The Labute approximate surface area is 171 Å². The van der Waals surface area contributed by atoms with E-state index >= 15 is 0 Å². The van der Waals surface area contributed by atoms with Crippen LogP contribution in [-0.2, 0) is 0 Å². The van der Waals surface area contributed by atoms with E-state index in [1.54, 1.807) is 12.5 Å². The first-order valence-corrected chi connectivity index (χ1v) is 9.29. The smallest absolute Gasteiger partial charge is 0.190 e. The van der Waals surface area contributed by atoms with Crippen LogP contribution in [0.5, 0.6) is 0 Å². The van der Waals surface area contributed by atoms with Gasteiger partial charge in [-0.2, -0.15) is 0 Å². The van der Waals surface area contributed by atoms with Crippen molar-refractivity contribution in [3.63, 3.8) is 0 Å². The van der Waals surface area contributed by atoms with Gasteiger partial charge in [0.15, 0.2) is 5.69 Å². The first kappa shape index (κ1) is 17.3. The highest BCUT2D eigenvalue weighted by atomic mass is 35.5. The normalized spacial score (nSPS) is 11.2. The van der Waals surface area contributed by atoms with E-state index in [4.69, 9.17) is 23.9 Å². The fourth-order valence-electron chi connectivity index (χ4n) is 3.61. The molecule has 0 atom stereocenters. The minimum absolute atomic E-state index is 0.419. The number of hydrogen-bond donors (Lipinski definition) is 1. The van der Waals surface area contributed by atoms with Crippen LogP contribution in [0.15, 0.2) is 61.6 Å². The predicted octanol–water partition coefficient (Wildman–Crippen LogP) is 5.44. The van der Waals surface area contributed by atoms with Crippen LogP contribution in [0.1, 0.15) is 5.56 Å². The zero-order valence-corrected chi connectivity index (χ0v) is 16.2. The van der Waals surface area contributed by atoms with Gasteiger partial charge in [-0.15, -0.1) is 0 Å². The molecule has 0 amide bonds. The molecule has 0 bridgehead atoms. The van der Waals surface area contributed by atoms with Gasteiger partial charge >= 0.3 is 0 Å². The lowest BCUT2D eigenvalue weighted by atomic mass is 10.0. The standard InChI is InChI=1S/C22H15ClN6/c1-13-5-21-16(6-20(13)25-2)18(17-8-26-9-19(24)22(17)23)11-29(21)15-4-3-14-7-27-12-28(14)10-15/h3-12H,24H2,1H3. The van der Waals surface area contributed by atoms with Crippen LogP contribution >= 0.6 is 11.6 Å². The number of nitrogens with two attached hydrogens (primary N) is 1. The Kier molecular flexibility index (Phi) is 3.79. The highest BCUT2D eigenvalue weighted by Gasteiger charge is 2.17. The van der Waals surface area contributed by atoms with Gasteiger partial charge in [-0.1, -0.05) is 11.6 Å². The Morgan fingerprint density at radius 1 is 1.07 bits per heavy atom. The maximum absolute atomic E-state index is 7.50. The number of halogens is 1. The summed E-state index contributed by atoms with van der Waals surface area (Å²) in [5.74, 6) is 0. The van der Waals surface area contributed by atoms with Gasteiger partial charge in [0.1, 0.15) is 0 Å². The van der Waals surface area contributed by atoms with Crippen LogP contribution in [0.3, 0.4) is 0 Å². The van der Waals surface area contributed by atoms with Crippen molar-refractivity contribution >= 4 is 39.4 Å². The van der Waals surface area contributed by atoms with Gasteiger partial charge in [-0.25, -0.2) is 9.83 Å². The van der Waals surface area contributed by atoms with Crippen LogP contribution in [0.4, 0.5) is 11.4 Å². The lowest BCUT2D eigenvalue weighted by Gasteiger charge is -2.07. The minimum atomic E-state index is 0.419. The van der Waals surface area contributed by atoms with Crippen molar-refractivity contribution in [3.05, 3.63) is 83.6 Å². The number of rotatable bonds is 2. The van der Waals surface area contributed by atoms with Gasteiger partial charge in [0.05, 0.1) is 52.7 Å². The van der Waals surface area contributed by atoms with Crippen LogP contribution in [0.25, 0.3) is 38.1 Å². The van der Waals surface area contributed by atoms with Gasteiger partial charge < -0.3 is 14.7 Å². The van der Waals surface area contributed by atoms with Crippen molar-refractivity contribution in [1.29, 1.82) is 0 Å². The number of fused-ring (bicyclic) bond motifs is 2. The van der Waals surface area contributed by atoms with Gasteiger partial charge in [0.25, 0.3) is 0 Å². The molecule has 29 heavy (non-hydrogen) atoms. The topological polar surface area (TPSA) is 65.5 Å². The molecular weight excluding hydrogens is 384 g/mol. The maximum Gasteiger partial charge on any atom is 0.190 e. The van der Waals surface area contributed by atoms with Crippen LogP contribution < -0.4 is 5.73 Å². The molecule has 5 rings (SSSR count). The van der Waals surface area contributed by atoms with E-state index in [1.165, 1.54) is 6.20 Å². The van der Waals surface area contributed by atoms with E-state index in [9.17, 15) is 0 Å². The molecule has 2 N–H and O–H groups in total. The molecule has 0 spiro atoms. The zero-order chi connectivity index (χ0) is 20.1. The molecule has 4 heterocycles. The largest absolute Gasteiger partial charge is 0.396 e. The third kappa shape index (κ3) is 2.64. The predicted molar refractivity (Wildman–Crippen MR) is 116 cm³/mol. The fraction of sp³-hybridized carbons (Fsp3) is 0.0455. The molecule has 0 aliphatic rings. The zero-order valence-electron chi connectivity index (χ0n) is 15.5. The highest BCUT2D eigenvalue weighted by molar-refractivity contribution is 6.36. The molecule has 0 aliphatic heterocycles. The quantitative estimate of drug-likeness (QED) is 0.403. The molecule has 6 nitrogen and oxygen atoms in total. The van der Waals surface area contributed by atoms with Crippen molar-refractivity contribution in [2.75, 3.05) is 5.73 Å². The van der Waals surface area contributed by atoms with Crippen molar-refractivity contribution in [1.82, 2.24) is 18.9 Å². The Balaban J connectivity index is 1.86. The first-order chi connectivity index (χ1) is 14.1. The molecule has 7 heteroatoms. The second kappa shape index (κ2) is 6.36. The number of aryl methyl sites for hydroxylation is 1. The van der Waals surface area contributed by atoms with Crippen LogP contribution in [0.2, 0.25) is 5.02 Å². The lowest BCUT2D eigenvalue weighted by molar-refractivity contribution is 1.06. The molecule has 1 aromatic carbocycles. The van der Waals surface area contributed by atoms with Gasteiger partial charge in [-0.3, -0.25) is 4.98 Å². The minimum Gasteiger partial charge on any atom is -0.396 e. The highest BCUT2D eigenvalue weighted by Crippen LogP contribution is 2.40. The average Bonchev–Trinajstić information content (AvgIpc) is 3.33. The summed E-state index contributed by atoms with van der Waals surface area (Å²) in [7, 11) is 0. The summed E-state index contributed by atoms with van der Waals surface area (Å²) in [6, 6.07) is 7.98. The van der Waals surface area contributed by atoms with E-state index < -0.39 is 0 Å². The van der Waals surface area contributed by atoms with E-state index in [2.05, 4.69) is 19.4 Å². The van der Waals surface area contributed by atoms with Gasteiger partial charge in [0, 0.05) is 29.7 Å². The lowest BCUT2D eigenvalue weighted by Crippen LogP contribution is -1.95. The number of imidazole rings is 1. The van der Waals surface area contributed by atoms with Crippen molar-refractivity contribution in [2.45, 2.75) is 6.92 Å². The molecule has 140 valence electrons. The number of anilines is 1. The van der Waals surface area contributed by atoms with E-state index in [0.717, 1.165) is 38.8 Å². The molecule has 0 saturated heterocycles. The summed E-state index contributed by atoms with van der Waals surface area (Å²) >= 11 is 6.50. The van der Waals surface area contributed by atoms with Crippen molar-refractivity contribution < 1.29 is 0 Å². The molecule has 0 aliphatic carbocycles. The molecule has 0 radical (unpaired) electrons. The number of nitrogens with zero attached hydrogens (tertiary/aromatic N) is 5. The third-order valence-electron chi connectivity index (χ3n) is 5.11. The number of nitrogen functional groups attached to an aromatic ring is 1. The van der Waals surface area contributed by atoms with Gasteiger partial charge in [-0.05, 0) is 42.1 Å². The second-order valence-corrected chi connectivity index (χ2v) is 7.26. The first-order valence-electron chi connectivity index (χ1n) is 8.91. The van der Waals surface area contributed by atoms with Crippen LogP contribution in [-0.4, -0.2) is 18.9 Å². The maximum atomic E-state index is 7.50. The summed E-state index contributed by atoms with van der Waals surface area (Å²) in [6.45, 7) is 9.45. The monoisotopic (exact) mass is 398 g/mol. The average molecular weight is 399 g/mol. The van der Waals surface area contributed by atoms with E-state index in [-0.39, 0.29) is 0 Å². The van der Waals surface area contributed by atoms with Crippen LogP contribution in [0, 0.1) is 13.5 Å². The third-order valence-corrected chi connectivity index (χ3v) is 5.53. The van der Waals surface area contributed by atoms with Crippen molar-refractivity contribution in [2.24, 2.45) is 0 Å². The molecule has 5 aromatic rings. The fourth-order valence-corrected chi connectivity index (χ4v) is 3.81. The number of hydrogen-bond acceptors (Lipinski definition) is 3. The Morgan fingerprint density at radius 2 is 1.93 bits per heavy atom. The molecule has 4 aromatic heterocycles. The Hall–Kier alpha value is -3.82. The summed E-state index contributed by atoms with van der Waals surface area (Å²) in [6.07, 6.45) is 10.8. The van der Waals surface area contributed by atoms with E-state index in [0.29, 0.717) is 16.4 Å². The summed E-state index contributed by atoms with van der Waals surface area (Å²) in [4.78, 5) is 12.1. The number of pyridine rings is 2. The van der Waals surface area contributed by atoms with Gasteiger partial charge in [0.2, 0.25) is 0 Å². The summed E-state index contributed by atoms with van der Waals surface area (Å²) in [5.41, 5.74) is 12.5. The van der Waals surface area contributed by atoms with Crippen molar-refractivity contribution in [3.8, 4) is 16.8 Å². The summed E-state index contributed by atoms with van der Waals surface area (Å²) < 4.78 is 4.06. The number of benzene rings is 1. The molecule has 0 unspecified atom stereocenters. The number of aromatic nitrogens is 4. The molecule has 0 saturated carbocycles. The Bertz CT molecular complexity index is 1450. The molecular formula is C22H15ClN6. The Morgan fingerprint density at radius 3 is 2.76 bits per heavy atom. The SMILES string of the molecule is [C-]#[N+]c1cc2c(-c3cncc(N)c3Cl)cn(-c3ccc4cncn4c3)c2cc1C. The molecule has 0 fully saturated rings. The second-order valence-electron chi connectivity index (χ2n) is 6.88. The van der Waals surface area contributed by atoms with E-state index in [1.807, 2.05) is 54.2 Å². The summed E-state index contributed by atoms with van der Waals surface area (Å²) in [5, 5.41) is 1.37.